The minimum absolute atomic E-state index is 0.0668. The highest BCUT2D eigenvalue weighted by molar-refractivity contribution is 6.25. The summed E-state index contributed by atoms with van der Waals surface area (Å²) in [6, 6.07) is 12.1. The zero-order chi connectivity index (χ0) is 16.8. The first kappa shape index (κ1) is 14.8. The van der Waals surface area contributed by atoms with Crippen molar-refractivity contribution in [1.82, 2.24) is 4.90 Å². The van der Waals surface area contributed by atoms with E-state index in [1.165, 1.54) is 37.9 Å². The lowest BCUT2D eigenvalue weighted by Gasteiger charge is -2.28. The second kappa shape index (κ2) is 5.81. The average molecular weight is 332 g/mol. The molecule has 3 aliphatic rings. The molecule has 1 saturated heterocycles. The smallest absolute Gasteiger partial charge is 0.185 e. The van der Waals surface area contributed by atoms with E-state index in [2.05, 4.69) is 22.0 Å². The number of ether oxygens (including phenoxy) is 1. The molecule has 0 amide bonds. The van der Waals surface area contributed by atoms with Gasteiger partial charge in [0, 0.05) is 17.7 Å². The van der Waals surface area contributed by atoms with Crippen molar-refractivity contribution in [3.05, 3.63) is 58.7 Å². The first-order valence-electron chi connectivity index (χ1n) is 9.04. The minimum Gasteiger partial charge on any atom is -0.456 e. The van der Waals surface area contributed by atoms with Gasteiger partial charge >= 0.3 is 0 Å². The summed E-state index contributed by atoms with van der Waals surface area (Å²) in [5, 5.41) is 0. The van der Waals surface area contributed by atoms with Gasteiger partial charge in [0.15, 0.2) is 5.78 Å². The SMILES string of the molecule is O=C1CN=C2c3cc(CN4CCCCC4)ccc3Oc3cccc1c32. The Morgan fingerprint density at radius 3 is 2.76 bits per heavy atom. The van der Waals surface area contributed by atoms with Gasteiger partial charge in [-0.1, -0.05) is 24.6 Å². The fourth-order valence-electron chi connectivity index (χ4n) is 4.07. The Balaban J connectivity index is 1.54. The van der Waals surface area contributed by atoms with Crippen LogP contribution in [-0.2, 0) is 6.54 Å². The predicted molar refractivity (Wildman–Crippen MR) is 96.9 cm³/mol. The number of aliphatic imine (C=N–C) groups is 1. The number of likely N-dealkylation sites (tertiary alicyclic amines) is 1. The van der Waals surface area contributed by atoms with E-state index in [0.29, 0.717) is 0 Å². The number of fused-ring (bicyclic) bond motifs is 2. The van der Waals surface area contributed by atoms with Crippen molar-refractivity contribution in [1.29, 1.82) is 0 Å². The fourth-order valence-corrected chi connectivity index (χ4v) is 4.07. The Labute approximate surface area is 147 Å². The molecule has 3 aliphatic heterocycles. The molecule has 0 aromatic heterocycles. The van der Waals surface area contributed by atoms with Crippen molar-refractivity contribution in [2.45, 2.75) is 25.8 Å². The van der Waals surface area contributed by atoms with Crippen LogP contribution >= 0.6 is 0 Å². The highest BCUT2D eigenvalue weighted by atomic mass is 16.5. The van der Waals surface area contributed by atoms with Crippen LogP contribution in [0.3, 0.4) is 0 Å². The Bertz CT molecular complexity index is 895. The molecule has 0 aliphatic carbocycles. The van der Waals surface area contributed by atoms with Gasteiger partial charge in [0.25, 0.3) is 0 Å². The maximum absolute atomic E-state index is 12.2. The van der Waals surface area contributed by atoms with Crippen LogP contribution in [0.4, 0.5) is 0 Å². The summed E-state index contributed by atoms with van der Waals surface area (Å²) in [5.41, 5.74) is 4.80. The number of Topliss-reactive ketones (excluding diaryl/α,β-unsaturated/α-hetero) is 1. The lowest BCUT2D eigenvalue weighted by atomic mass is 9.89. The van der Waals surface area contributed by atoms with Crippen molar-refractivity contribution >= 4 is 11.5 Å². The van der Waals surface area contributed by atoms with E-state index in [-0.39, 0.29) is 12.3 Å². The molecule has 2 aromatic rings. The first-order chi connectivity index (χ1) is 12.3. The van der Waals surface area contributed by atoms with Crippen LogP contribution in [0.15, 0.2) is 41.4 Å². The number of rotatable bonds is 2. The van der Waals surface area contributed by atoms with Gasteiger partial charge in [-0.05, 0) is 49.7 Å². The lowest BCUT2D eigenvalue weighted by molar-refractivity contribution is 0.0999. The quantitative estimate of drug-likeness (QED) is 0.716. The van der Waals surface area contributed by atoms with Gasteiger partial charge in [0.05, 0.1) is 11.3 Å². The third-order valence-corrected chi connectivity index (χ3v) is 5.32. The van der Waals surface area contributed by atoms with E-state index in [4.69, 9.17) is 4.74 Å². The molecule has 3 heterocycles. The largest absolute Gasteiger partial charge is 0.456 e. The highest BCUT2D eigenvalue weighted by Crippen LogP contribution is 2.40. The monoisotopic (exact) mass is 332 g/mol. The summed E-state index contributed by atoms with van der Waals surface area (Å²) in [7, 11) is 0. The van der Waals surface area contributed by atoms with Crippen LogP contribution in [0.1, 0.15) is 46.3 Å². The molecule has 4 nitrogen and oxygen atoms in total. The summed E-state index contributed by atoms with van der Waals surface area (Å²) in [6.07, 6.45) is 3.93. The second-order valence-electron chi connectivity index (χ2n) is 7.04. The molecule has 25 heavy (non-hydrogen) atoms. The molecular formula is C21H20N2O2. The number of nitrogens with zero attached hydrogens (tertiary/aromatic N) is 2. The number of hydrogen-bond acceptors (Lipinski definition) is 4. The molecule has 126 valence electrons. The predicted octanol–water partition coefficient (Wildman–Crippen LogP) is 3.81. The van der Waals surface area contributed by atoms with Crippen molar-refractivity contribution in [2.75, 3.05) is 19.6 Å². The van der Waals surface area contributed by atoms with Gasteiger partial charge in [-0.2, -0.15) is 0 Å². The zero-order valence-corrected chi connectivity index (χ0v) is 14.1. The second-order valence-corrected chi connectivity index (χ2v) is 7.04. The Hall–Kier alpha value is -2.46. The molecule has 0 N–H and O–H groups in total. The van der Waals surface area contributed by atoms with E-state index >= 15 is 0 Å². The normalized spacial score (nSPS) is 18.9. The van der Waals surface area contributed by atoms with Crippen molar-refractivity contribution in [3.63, 3.8) is 0 Å². The third-order valence-electron chi connectivity index (χ3n) is 5.32. The van der Waals surface area contributed by atoms with Crippen LogP contribution in [0, 0.1) is 0 Å². The van der Waals surface area contributed by atoms with Crippen molar-refractivity contribution in [3.8, 4) is 11.5 Å². The number of piperidine rings is 1. The number of carbonyl (C=O) groups excluding carboxylic acids is 1. The molecule has 0 radical (unpaired) electrons. The summed E-state index contributed by atoms with van der Waals surface area (Å²) in [4.78, 5) is 19.3. The molecule has 0 spiro atoms. The Kier molecular flexibility index (Phi) is 3.45. The van der Waals surface area contributed by atoms with Gasteiger partial charge in [0.2, 0.25) is 0 Å². The number of ketones is 1. The van der Waals surface area contributed by atoms with Gasteiger partial charge in [-0.3, -0.25) is 14.7 Å². The molecule has 0 saturated carbocycles. The van der Waals surface area contributed by atoms with Crippen molar-refractivity contribution < 1.29 is 9.53 Å². The van der Waals surface area contributed by atoms with Gasteiger partial charge in [0.1, 0.15) is 18.0 Å². The van der Waals surface area contributed by atoms with Crippen LogP contribution in [-0.4, -0.2) is 36.0 Å². The molecule has 5 rings (SSSR count). The van der Waals surface area contributed by atoms with Crippen LogP contribution in [0.2, 0.25) is 0 Å². The van der Waals surface area contributed by atoms with E-state index in [1.54, 1.807) is 0 Å². The standard InChI is InChI=1S/C21H20N2O2/c24-17-12-22-21-16-11-14(13-23-9-2-1-3-10-23)7-8-18(16)25-19-6-4-5-15(17)20(19)21/h4-8,11H,1-3,9-10,12-13H2. The van der Waals surface area contributed by atoms with Gasteiger partial charge in [-0.25, -0.2) is 0 Å². The van der Waals surface area contributed by atoms with E-state index in [0.717, 1.165) is 40.4 Å². The fraction of sp³-hybridized carbons (Fsp3) is 0.333. The van der Waals surface area contributed by atoms with Crippen molar-refractivity contribution in [2.24, 2.45) is 4.99 Å². The molecule has 2 aromatic carbocycles. The zero-order valence-electron chi connectivity index (χ0n) is 14.1. The van der Waals surface area contributed by atoms with Crippen LogP contribution < -0.4 is 4.74 Å². The molecule has 4 heteroatoms. The highest BCUT2D eigenvalue weighted by Gasteiger charge is 2.31. The minimum atomic E-state index is 0.0668. The topological polar surface area (TPSA) is 41.9 Å². The summed E-state index contributed by atoms with van der Waals surface area (Å²) in [5.74, 6) is 1.64. The van der Waals surface area contributed by atoms with Crippen LogP contribution in [0.25, 0.3) is 0 Å². The lowest BCUT2D eigenvalue weighted by Crippen LogP contribution is -2.29. The third kappa shape index (κ3) is 2.48. The molecule has 0 unspecified atom stereocenters. The average Bonchev–Trinajstić information content (AvgIpc) is 2.65. The van der Waals surface area contributed by atoms with Gasteiger partial charge in [-0.15, -0.1) is 0 Å². The number of carbonyl (C=O) groups is 1. The molecule has 0 bridgehead atoms. The maximum atomic E-state index is 12.2. The number of hydrogen-bond donors (Lipinski definition) is 0. The van der Waals surface area contributed by atoms with E-state index in [1.807, 2.05) is 24.3 Å². The maximum Gasteiger partial charge on any atom is 0.185 e. The molecular weight excluding hydrogens is 312 g/mol. The van der Waals surface area contributed by atoms with E-state index < -0.39 is 0 Å². The summed E-state index contributed by atoms with van der Waals surface area (Å²) >= 11 is 0. The van der Waals surface area contributed by atoms with E-state index in [9.17, 15) is 4.79 Å². The molecule has 0 atom stereocenters. The van der Waals surface area contributed by atoms with Crippen LogP contribution in [0.5, 0.6) is 11.5 Å². The number of benzene rings is 2. The summed E-state index contributed by atoms with van der Waals surface area (Å²) < 4.78 is 6.07. The Morgan fingerprint density at radius 1 is 1.00 bits per heavy atom. The Morgan fingerprint density at radius 2 is 1.88 bits per heavy atom. The summed E-state index contributed by atoms with van der Waals surface area (Å²) in [6.45, 7) is 3.54. The molecule has 1 fully saturated rings. The first-order valence-corrected chi connectivity index (χ1v) is 9.04. The van der Waals surface area contributed by atoms with Gasteiger partial charge < -0.3 is 4.74 Å².